The van der Waals surface area contributed by atoms with Crippen LogP contribution in [0.2, 0.25) is 0 Å². The van der Waals surface area contributed by atoms with Crippen LogP contribution in [0.3, 0.4) is 0 Å². The lowest BCUT2D eigenvalue weighted by Gasteiger charge is -2.13. The molecule has 0 saturated carbocycles. The van der Waals surface area contributed by atoms with Crippen molar-refractivity contribution < 1.29 is 9.18 Å². The van der Waals surface area contributed by atoms with E-state index in [0.717, 1.165) is 11.4 Å². The van der Waals surface area contributed by atoms with Gasteiger partial charge in [-0.3, -0.25) is 4.79 Å². The Morgan fingerprint density at radius 1 is 1.27 bits per heavy atom. The molecule has 0 fully saturated rings. The van der Waals surface area contributed by atoms with Gasteiger partial charge in [-0.2, -0.15) is 5.10 Å². The molecule has 0 aliphatic rings. The minimum atomic E-state index is -0.299. The maximum absolute atomic E-state index is 13.1. The number of carbonyl (C=O) groups is 1. The topological polar surface area (TPSA) is 58.9 Å². The summed E-state index contributed by atoms with van der Waals surface area (Å²) in [6.45, 7) is 5.26. The standard InChI is InChI=1S/C16H21FN4O/c1-11(2)15-14(16(22)19-9-8-18-3)10-20-21(15)13-6-4-12(17)5-7-13/h4-7,10-11,18H,8-9H2,1-3H3,(H,19,22). The number of hydrogen-bond acceptors (Lipinski definition) is 3. The lowest BCUT2D eigenvalue weighted by atomic mass is 10.1. The summed E-state index contributed by atoms with van der Waals surface area (Å²) in [5.74, 6) is -0.336. The average Bonchev–Trinajstić information content (AvgIpc) is 2.93. The summed E-state index contributed by atoms with van der Waals surface area (Å²) in [4.78, 5) is 12.3. The number of hydrogen-bond donors (Lipinski definition) is 2. The normalized spacial score (nSPS) is 11.0. The zero-order valence-electron chi connectivity index (χ0n) is 13.1. The minimum Gasteiger partial charge on any atom is -0.351 e. The molecule has 1 amide bonds. The fourth-order valence-corrected chi connectivity index (χ4v) is 2.27. The van der Waals surface area contributed by atoms with Gasteiger partial charge in [0.2, 0.25) is 0 Å². The lowest BCUT2D eigenvalue weighted by Crippen LogP contribution is -2.31. The quantitative estimate of drug-likeness (QED) is 0.803. The Kier molecular flexibility index (Phi) is 5.27. The van der Waals surface area contributed by atoms with E-state index >= 15 is 0 Å². The van der Waals surface area contributed by atoms with Crippen LogP contribution in [0.5, 0.6) is 0 Å². The second-order valence-electron chi connectivity index (χ2n) is 5.35. The van der Waals surface area contributed by atoms with E-state index < -0.39 is 0 Å². The van der Waals surface area contributed by atoms with Gasteiger partial charge in [-0.1, -0.05) is 13.8 Å². The molecule has 22 heavy (non-hydrogen) atoms. The van der Waals surface area contributed by atoms with Gasteiger partial charge in [0.1, 0.15) is 5.82 Å². The highest BCUT2D eigenvalue weighted by atomic mass is 19.1. The fraction of sp³-hybridized carbons (Fsp3) is 0.375. The molecular formula is C16H21FN4O. The molecule has 2 rings (SSSR count). The first-order chi connectivity index (χ1) is 10.5. The third-order valence-electron chi connectivity index (χ3n) is 3.33. The molecular weight excluding hydrogens is 283 g/mol. The first-order valence-electron chi connectivity index (χ1n) is 7.31. The average molecular weight is 304 g/mol. The van der Waals surface area contributed by atoms with Crippen molar-refractivity contribution in [1.29, 1.82) is 0 Å². The summed E-state index contributed by atoms with van der Waals surface area (Å²) < 4.78 is 14.8. The van der Waals surface area contributed by atoms with E-state index in [-0.39, 0.29) is 17.6 Å². The maximum atomic E-state index is 13.1. The van der Waals surface area contributed by atoms with Gasteiger partial charge in [-0.25, -0.2) is 9.07 Å². The van der Waals surface area contributed by atoms with Crippen LogP contribution in [0.15, 0.2) is 30.5 Å². The largest absolute Gasteiger partial charge is 0.351 e. The summed E-state index contributed by atoms with van der Waals surface area (Å²) in [6.07, 6.45) is 1.56. The zero-order chi connectivity index (χ0) is 16.1. The number of likely N-dealkylation sites (N-methyl/N-ethyl adjacent to an activating group) is 1. The van der Waals surface area contributed by atoms with Crippen LogP contribution in [0.4, 0.5) is 4.39 Å². The number of halogens is 1. The van der Waals surface area contributed by atoms with Crippen molar-refractivity contribution >= 4 is 5.91 Å². The molecule has 5 nitrogen and oxygen atoms in total. The van der Waals surface area contributed by atoms with Crippen LogP contribution in [-0.4, -0.2) is 35.8 Å². The van der Waals surface area contributed by atoms with Gasteiger partial charge in [-0.05, 0) is 37.2 Å². The van der Waals surface area contributed by atoms with Gasteiger partial charge in [-0.15, -0.1) is 0 Å². The summed E-state index contributed by atoms with van der Waals surface area (Å²) in [6, 6.07) is 6.06. The van der Waals surface area contributed by atoms with E-state index in [1.807, 2.05) is 20.9 Å². The van der Waals surface area contributed by atoms with Gasteiger partial charge in [0, 0.05) is 13.1 Å². The molecule has 1 aromatic heterocycles. The molecule has 0 saturated heterocycles. The molecule has 0 spiro atoms. The molecule has 0 atom stereocenters. The van der Waals surface area contributed by atoms with Gasteiger partial charge >= 0.3 is 0 Å². The van der Waals surface area contributed by atoms with Crippen LogP contribution < -0.4 is 10.6 Å². The first kappa shape index (κ1) is 16.2. The van der Waals surface area contributed by atoms with Gasteiger partial charge in [0.25, 0.3) is 5.91 Å². The Labute approximate surface area is 129 Å². The molecule has 118 valence electrons. The maximum Gasteiger partial charge on any atom is 0.254 e. The molecule has 0 unspecified atom stereocenters. The first-order valence-corrected chi connectivity index (χ1v) is 7.31. The minimum absolute atomic E-state index is 0.109. The van der Waals surface area contributed by atoms with Gasteiger partial charge in [0.05, 0.1) is 23.1 Å². The summed E-state index contributed by atoms with van der Waals surface area (Å²) in [5.41, 5.74) is 2.10. The van der Waals surface area contributed by atoms with Crippen molar-refractivity contribution in [2.45, 2.75) is 19.8 Å². The van der Waals surface area contributed by atoms with E-state index in [1.54, 1.807) is 23.0 Å². The number of carbonyl (C=O) groups excluding carboxylic acids is 1. The van der Waals surface area contributed by atoms with Crippen molar-refractivity contribution in [3.63, 3.8) is 0 Å². The van der Waals surface area contributed by atoms with Crippen molar-refractivity contribution in [2.75, 3.05) is 20.1 Å². The van der Waals surface area contributed by atoms with E-state index in [2.05, 4.69) is 15.7 Å². The Bertz CT molecular complexity index is 634. The Morgan fingerprint density at radius 2 is 1.95 bits per heavy atom. The summed E-state index contributed by atoms with van der Waals surface area (Å²) in [7, 11) is 1.83. The van der Waals surface area contributed by atoms with Crippen molar-refractivity contribution in [2.24, 2.45) is 0 Å². The molecule has 6 heteroatoms. The molecule has 1 heterocycles. The molecule has 2 aromatic rings. The van der Waals surface area contributed by atoms with Crippen LogP contribution in [0, 0.1) is 5.82 Å². The number of nitrogens with one attached hydrogen (secondary N) is 2. The van der Waals surface area contributed by atoms with Crippen LogP contribution in [0.25, 0.3) is 5.69 Å². The second-order valence-corrected chi connectivity index (χ2v) is 5.35. The van der Waals surface area contributed by atoms with E-state index in [0.29, 0.717) is 18.7 Å². The fourth-order valence-electron chi connectivity index (χ4n) is 2.27. The molecule has 0 radical (unpaired) electrons. The third kappa shape index (κ3) is 3.51. The highest BCUT2D eigenvalue weighted by molar-refractivity contribution is 5.95. The van der Waals surface area contributed by atoms with Crippen molar-refractivity contribution in [3.8, 4) is 5.69 Å². The highest BCUT2D eigenvalue weighted by Gasteiger charge is 2.20. The summed E-state index contributed by atoms with van der Waals surface area (Å²) in [5, 5.41) is 10.1. The highest BCUT2D eigenvalue weighted by Crippen LogP contribution is 2.23. The molecule has 2 N–H and O–H groups in total. The van der Waals surface area contributed by atoms with Crippen molar-refractivity contribution in [3.05, 3.63) is 47.5 Å². The lowest BCUT2D eigenvalue weighted by molar-refractivity contribution is 0.0953. The second kappa shape index (κ2) is 7.17. The molecule has 1 aromatic carbocycles. The van der Waals surface area contributed by atoms with E-state index in [4.69, 9.17) is 0 Å². The van der Waals surface area contributed by atoms with Crippen LogP contribution in [-0.2, 0) is 0 Å². The summed E-state index contributed by atoms with van der Waals surface area (Å²) >= 11 is 0. The Morgan fingerprint density at radius 3 is 2.55 bits per heavy atom. The SMILES string of the molecule is CNCCNC(=O)c1cnn(-c2ccc(F)cc2)c1C(C)C. The van der Waals surface area contributed by atoms with E-state index in [1.165, 1.54) is 12.1 Å². The van der Waals surface area contributed by atoms with E-state index in [9.17, 15) is 9.18 Å². The van der Waals surface area contributed by atoms with Gasteiger partial charge < -0.3 is 10.6 Å². The number of aromatic nitrogens is 2. The van der Waals surface area contributed by atoms with Crippen LogP contribution >= 0.6 is 0 Å². The smallest absolute Gasteiger partial charge is 0.254 e. The number of nitrogens with zero attached hydrogens (tertiary/aromatic N) is 2. The van der Waals surface area contributed by atoms with Gasteiger partial charge in [0.15, 0.2) is 0 Å². The number of benzene rings is 1. The molecule has 0 aliphatic carbocycles. The molecule has 0 bridgehead atoms. The van der Waals surface area contributed by atoms with Crippen molar-refractivity contribution in [1.82, 2.24) is 20.4 Å². The third-order valence-corrected chi connectivity index (χ3v) is 3.33. The zero-order valence-corrected chi connectivity index (χ0v) is 13.1. The molecule has 0 aliphatic heterocycles. The monoisotopic (exact) mass is 304 g/mol. The Hall–Kier alpha value is -2.21. The Balaban J connectivity index is 2.33. The predicted molar refractivity (Wildman–Crippen MR) is 83.9 cm³/mol. The number of rotatable bonds is 6. The predicted octanol–water partition coefficient (Wildman–Crippen LogP) is 2.08. The van der Waals surface area contributed by atoms with Crippen LogP contribution in [0.1, 0.15) is 35.8 Å². The number of amides is 1.